The molecule has 8 nitrogen and oxygen atoms in total. The molecular weight excluding hydrogens is 366 g/mol. The first-order valence-electron chi connectivity index (χ1n) is 8.80. The minimum Gasteiger partial charge on any atom is -0.481 e. The van der Waals surface area contributed by atoms with Crippen molar-refractivity contribution in [3.05, 3.63) is 48.0 Å². The molecule has 0 unspecified atom stereocenters. The van der Waals surface area contributed by atoms with Crippen molar-refractivity contribution in [3.8, 4) is 5.88 Å². The fourth-order valence-electron chi connectivity index (χ4n) is 3.52. The highest BCUT2D eigenvalue weighted by atomic mass is 32.2. The molecule has 0 radical (unpaired) electrons. The summed E-state index contributed by atoms with van der Waals surface area (Å²) in [6, 6.07) is 5.12. The molecule has 0 atom stereocenters. The number of rotatable bonds is 4. The highest BCUT2D eigenvalue weighted by Crippen LogP contribution is 2.31. The van der Waals surface area contributed by atoms with Crippen LogP contribution < -0.4 is 4.74 Å². The maximum atomic E-state index is 12.9. The molecule has 1 aliphatic rings. The van der Waals surface area contributed by atoms with Crippen LogP contribution in [-0.4, -0.2) is 52.5 Å². The number of pyridine rings is 1. The summed E-state index contributed by atoms with van der Waals surface area (Å²) in [4.78, 5) is 8.45. The van der Waals surface area contributed by atoms with Gasteiger partial charge in [-0.2, -0.15) is 9.40 Å². The number of fused-ring (bicyclic) bond motifs is 1. The van der Waals surface area contributed by atoms with Crippen molar-refractivity contribution in [2.24, 2.45) is 0 Å². The van der Waals surface area contributed by atoms with Gasteiger partial charge in [-0.15, -0.1) is 0 Å². The van der Waals surface area contributed by atoms with Gasteiger partial charge < -0.3 is 4.74 Å². The molecule has 0 saturated carbocycles. The summed E-state index contributed by atoms with van der Waals surface area (Å²) in [6.07, 6.45) is 6.37. The second kappa shape index (κ2) is 6.90. The smallest absolute Gasteiger partial charge is 0.244 e. The fraction of sp³-hybridized carbons (Fsp3) is 0.389. The molecule has 0 bridgehead atoms. The van der Waals surface area contributed by atoms with E-state index < -0.39 is 10.0 Å². The Morgan fingerprint density at radius 1 is 1.19 bits per heavy atom. The molecule has 142 valence electrons. The zero-order valence-electron chi connectivity index (χ0n) is 15.2. The van der Waals surface area contributed by atoms with Crippen LogP contribution in [0.5, 0.6) is 5.88 Å². The van der Waals surface area contributed by atoms with Gasteiger partial charge in [-0.05, 0) is 37.5 Å². The van der Waals surface area contributed by atoms with Crippen molar-refractivity contribution in [2.45, 2.75) is 30.6 Å². The monoisotopic (exact) mass is 387 g/mol. The first kappa shape index (κ1) is 17.9. The van der Waals surface area contributed by atoms with Crippen LogP contribution in [-0.2, 0) is 10.0 Å². The molecule has 0 N–H and O–H groups in total. The quantitative estimate of drug-likeness (QED) is 0.680. The Kier molecular flexibility index (Phi) is 4.56. The molecule has 0 spiro atoms. The van der Waals surface area contributed by atoms with E-state index in [-0.39, 0.29) is 10.8 Å². The van der Waals surface area contributed by atoms with Crippen LogP contribution in [0.15, 0.2) is 41.7 Å². The summed E-state index contributed by atoms with van der Waals surface area (Å²) in [5.74, 6) is 0.626. The molecule has 0 aliphatic carbocycles. The number of nitrogens with zero attached hydrogens (tertiary/aromatic N) is 5. The minimum absolute atomic E-state index is 0.191. The van der Waals surface area contributed by atoms with Gasteiger partial charge in [-0.25, -0.2) is 22.9 Å². The Bertz CT molecular complexity index is 1050. The normalized spacial score (nSPS) is 16.7. The third kappa shape index (κ3) is 3.28. The first-order chi connectivity index (χ1) is 13.0. The molecule has 3 aromatic rings. The highest BCUT2D eigenvalue weighted by Gasteiger charge is 2.31. The van der Waals surface area contributed by atoms with Gasteiger partial charge >= 0.3 is 0 Å². The number of imidazole rings is 1. The highest BCUT2D eigenvalue weighted by molar-refractivity contribution is 7.89. The van der Waals surface area contributed by atoms with Crippen LogP contribution in [0, 0.1) is 6.92 Å². The second-order valence-electron chi connectivity index (χ2n) is 6.66. The average molecular weight is 387 g/mol. The third-order valence-corrected chi connectivity index (χ3v) is 6.89. The van der Waals surface area contributed by atoms with Gasteiger partial charge in [-0.3, -0.25) is 0 Å². The third-order valence-electron chi connectivity index (χ3n) is 5.01. The SMILES string of the molecule is COc1ccc(S(=O)(=O)N2CCC(c3nn4ccnc4cc3C)CC2)cn1. The summed E-state index contributed by atoms with van der Waals surface area (Å²) in [5.41, 5.74) is 2.93. The maximum Gasteiger partial charge on any atom is 0.244 e. The van der Waals surface area contributed by atoms with Gasteiger partial charge in [0.15, 0.2) is 5.65 Å². The van der Waals surface area contributed by atoms with Gasteiger partial charge in [0.05, 0.1) is 19.0 Å². The molecule has 1 fully saturated rings. The summed E-state index contributed by atoms with van der Waals surface area (Å²) >= 11 is 0. The van der Waals surface area contributed by atoms with Crippen LogP contribution in [0.2, 0.25) is 0 Å². The number of aromatic nitrogens is 4. The summed E-state index contributed by atoms with van der Waals surface area (Å²) < 4.78 is 34.0. The predicted octanol–water partition coefficient (Wildman–Crippen LogP) is 2.01. The number of piperidine rings is 1. The Balaban J connectivity index is 1.51. The number of aryl methyl sites for hydroxylation is 1. The Morgan fingerprint density at radius 3 is 2.63 bits per heavy atom. The molecule has 1 saturated heterocycles. The molecule has 4 rings (SSSR count). The van der Waals surface area contributed by atoms with Gasteiger partial charge in [0.1, 0.15) is 4.90 Å². The van der Waals surface area contributed by atoms with Crippen molar-refractivity contribution in [3.63, 3.8) is 0 Å². The largest absolute Gasteiger partial charge is 0.481 e. The van der Waals surface area contributed by atoms with Crippen molar-refractivity contribution in [2.75, 3.05) is 20.2 Å². The minimum atomic E-state index is -3.55. The average Bonchev–Trinajstić information content (AvgIpc) is 3.14. The van der Waals surface area contributed by atoms with Gasteiger partial charge in [0, 0.05) is 37.5 Å². The number of methoxy groups -OCH3 is 1. The van der Waals surface area contributed by atoms with E-state index in [1.807, 2.05) is 19.2 Å². The van der Waals surface area contributed by atoms with E-state index in [0.717, 1.165) is 29.7 Å². The van der Waals surface area contributed by atoms with Crippen molar-refractivity contribution in [1.82, 2.24) is 23.9 Å². The molecule has 0 amide bonds. The standard InChI is InChI=1S/C18H21N5O3S/c1-13-11-16-19-7-10-23(16)21-18(13)14-5-8-22(9-6-14)27(24,25)15-3-4-17(26-2)20-12-15/h3-4,7,10-12,14H,5-6,8-9H2,1-2H3. The summed E-state index contributed by atoms with van der Waals surface area (Å²) in [5, 5.41) is 4.69. The lowest BCUT2D eigenvalue weighted by Gasteiger charge is -2.31. The lowest BCUT2D eigenvalue weighted by molar-refractivity contribution is 0.315. The Morgan fingerprint density at radius 2 is 1.96 bits per heavy atom. The lowest BCUT2D eigenvalue weighted by Crippen LogP contribution is -2.38. The van der Waals surface area contributed by atoms with E-state index in [4.69, 9.17) is 4.74 Å². The van der Waals surface area contributed by atoms with Gasteiger partial charge in [0.25, 0.3) is 0 Å². The van der Waals surface area contributed by atoms with Gasteiger partial charge in [0.2, 0.25) is 15.9 Å². The number of hydrogen-bond donors (Lipinski definition) is 0. The van der Waals surface area contributed by atoms with E-state index in [1.54, 1.807) is 16.8 Å². The van der Waals surface area contributed by atoms with E-state index in [2.05, 4.69) is 15.1 Å². The molecule has 4 heterocycles. The second-order valence-corrected chi connectivity index (χ2v) is 8.60. The first-order valence-corrected chi connectivity index (χ1v) is 10.2. The Hall–Kier alpha value is -2.52. The van der Waals surface area contributed by atoms with Crippen LogP contribution in [0.4, 0.5) is 0 Å². The Labute approximate surface area is 157 Å². The van der Waals surface area contributed by atoms with Crippen LogP contribution >= 0.6 is 0 Å². The van der Waals surface area contributed by atoms with Crippen LogP contribution in [0.3, 0.4) is 0 Å². The molecule has 27 heavy (non-hydrogen) atoms. The maximum absolute atomic E-state index is 12.9. The van der Waals surface area contributed by atoms with Crippen LogP contribution in [0.25, 0.3) is 5.65 Å². The zero-order valence-corrected chi connectivity index (χ0v) is 16.1. The van der Waals surface area contributed by atoms with Gasteiger partial charge in [-0.1, -0.05) is 0 Å². The molecule has 3 aromatic heterocycles. The van der Waals surface area contributed by atoms with E-state index in [9.17, 15) is 8.42 Å². The molecular formula is C18H21N5O3S. The number of ether oxygens (including phenoxy) is 1. The molecule has 0 aromatic carbocycles. The summed E-state index contributed by atoms with van der Waals surface area (Å²) in [7, 11) is -2.05. The van der Waals surface area contributed by atoms with E-state index >= 15 is 0 Å². The number of sulfonamides is 1. The fourth-order valence-corrected chi connectivity index (χ4v) is 4.94. The lowest BCUT2D eigenvalue weighted by atomic mass is 9.92. The predicted molar refractivity (Wildman–Crippen MR) is 99.2 cm³/mol. The van der Waals surface area contributed by atoms with Crippen molar-refractivity contribution < 1.29 is 13.2 Å². The van der Waals surface area contributed by atoms with Crippen molar-refractivity contribution in [1.29, 1.82) is 0 Å². The molecule has 1 aliphatic heterocycles. The number of hydrogen-bond acceptors (Lipinski definition) is 6. The zero-order chi connectivity index (χ0) is 19.0. The van der Waals surface area contributed by atoms with E-state index in [0.29, 0.717) is 19.0 Å². The van der Waals surface area contributed by atoms with E-state index in [1.165, 1.54) is 23.7 Å². The summed E-state index contributed by atoms with van der Waals surface area (Å²) in [6.45, 7) is 2.95. The molecule has 9 heteroatoms. The van der Waals surface area contributed by atoms with Crippen LogP contribution in [0.1, 0.15) is 30.0 Å². The van der Waals surface area contributed by atoms with Crippen molar-refractivity contribution >= 4 is 15.7 Å². The topological polar surface area (TPSA) is 89.7 Å².